The molecule has 0 fully saturated rings. The number of para-hydroxylation sites is 1. The van der Waals surface area contributed by atoms with E-state index in [1.54, 1.807) is 18.7 Å². The van der Waals surface area contributed by atoms with Crippen molar-refractivity contribution in [2.45, 2.75) is 22.8 Å². The third-order valence-corrected chi connectivity index (χ3v) is 6.47. The second kappa shape index (κ2) is 5.66. The minimum absolute atomic E-state index is 0.656. The summed E-state index contributed by atoms with van der Waals surface area (Å²) in [4.78, 5) is 15.5. The van der Waals surface area contributed by atoms with Crippen molar-refractivity contribution < 1.29 is 9.90 Å². The second-order valence-corrected chi connectivity index (χ2v) is 7.39. The number of carboxylic acids is 1. The first-order valence-electron chi connectivity index (χ1n) is 6.27. The van der Waals surface area contributed by atoms with Crippen LogP contribution in [0.1, 0.15) is 6.92 Å². The van der Waals surface area contributed by atoms with Gasteiger partial charge >= 0.3 is 5.97 Å². The number of aliphatic carboxylic acids is 1. The summed E-state index contributed by atoms with van der Waals surface area (Å²) < 4.78 is 1.78. The average molecular weight is 429 g/mol. The molecular weight excluding hydrogens is 418 g/mol. The number of nitrogens with zero attached hydrogens (tertiary/aromatic N) is 1. The third kappa shape index (κ3) is 2.49. The zero-order valence-electron chi connectivity index (χ0n) is 11.0. The van der Waals surface area contributed by atoms with Crippen LogP contribution in [0.15, 0.2) is 55.1 Å². The first-order chi connectivity index (χ1) is 10.0. The molecule has 0 aliphatic carbocycles. The Labute approximate surface area is 143 Å². The Bertz CT molecular complexity index is 736. The molecule has 0 bridgehead atoms. The smallest absolute Gasteiger partial charge is 0.326 e. The first kappa shape index (κ1) is 14.9. The van der Waals surface area contributed by atoms with Crippen LogP contribution in [-0.2, 0) is 4.79 Å². The van der Waals surface area contributed by atoms with Gasteiger partial charge in [-0.3, -0.25) is 0 Å². The fourth-order valence-electron chi connectivity index (χ4n) is 2.32. The molecule has 1 aliphatic heterocycles. The van der Waals surface area contributed by atoms with E-state index in [1.165, 1.54) is 0 Å². The van der Waals surface area contributed by atoms with Gasteiger partial charge in [0.1, 0.15) is 6.04 Å². The van der Waals surface area contributed by atoms with E-state index in [9.17, 15) is 9.90 Å². The molecule has 108 valence electrons. The molecule has 21 heavy (non-hydrogen) atoms. The predicted octanol–water partition coefficient (Wildman–Crippen LogP) is 5.29. The van der Waals surface area contributed by atoms with Gasteiger partial charge < -0.3 is 10.0 Å². The number of hydrogen-bond donors (Lipinski definition) is 1. The Balaban J connectivity index is 2.27. The van der Waals surface area contributed by atoms with Gasteiger partial charge in [0.25, 0.3) is 0 Å². The van der Waals surface area contributed by atoms with Crippen LogP contribution in [-0.4, -0.2) is 17.1 Å². The fraction of sp³-hybridized carbons (Fsp3) is 0.133. The van der Waals surface area contributed by atoms with Crippen molar-refractivity contribution in [3.8, 4) is 0 Å². The van der Waals surface area contributed by atoms with Crippen molar-refractivity contribution in [1.29, 1.82) is 0 Å². The van der Waals surface area contributed by atoms with Crippen molar-refractivity contribution in [1.82, 2.24) is 0 Å². The van der Waals surface area contributed by atoms with Crippen LogP contribution in [0.4, 0.5) is 11.4 Å². The molecule has 2 aromatic carbocycles. The minimum atomic E-state index is -0.852. The summed E-state index contributed by atoms with van der Waals surface area (Å²) in [5.74, 6) is -0.852. The van der Waals surface area contributed by atoms with Gasteiger partial charge in [-0.05, 0) is 63.0 Å². The second-order valence-electron chi connectivity index (χ2n) is 4.66. The van der Waals surface area contributed by atoms with Gasteiger partial charge in [-0.2, -0.15) is 0 Å². The maximum atomic E-state index is 11.5. The largest absolute Gasteiger partial charge is 0.480 e. The molecule has 3 nitrogen and oxygen atoms in total. The van der Waals surface area contributed by atoms with Crippen molar-refractivity contribution in [3.05, 3.63) is 45.3 Å². The normalized spacial score (nSPS) is 14.3. The molecule has 1 heterocycles. The highest BCUT2D eigenvalue weighted by Gasteiger charge is 2.32. The molecule has 1 N–H and O–H groups in total. The molecule has 2 aromatic rings. The standard InChI is InChI=1S/C15H11Br2NO2S/c1-8(15(19)20)18-10-4-2-3-5-11(10)21-12-7-6-9(16)13(17)14(12)18/h2-8H,1H3,(H,19,20). The Morgan fingerprint density at radius 1 is 1.19 bits per heavy atom. The highest BCUT2D eigenvalue weighted by atomic mass is 79.9. The van der Waals surface area contributed by atoms with Crippen LogP contribution in [0.25, 0.3) is 0 Å². The lowest BCUT2D eigenvalue weighted by atomic mass is 10.1. The Hall–Kier alpha value is -0.980. The highest BCUT2D eigenvalue weighted by Crippen LogP contribution is 2.53. The van der Waals surface area contributed by atoms with E-state index in [0.717, 1.165) is 30.1 Å². The molecule has 1 unspecified atom stereocenters. The molecule has 0 saturated carbocycles. The number of benzene rings is 2. The number of halogens is 2. The number of carbonyl (C=O) groups is 1. The molecule has 0 spiro atoms. The SMILES string of the molecule is CC(C(=O)O)N1c2ccccc2Sc2ccc(Br)c(Br)c21. The van der Waals surface area contributed by atoms with E-state index in [1.807, 2.05) is 41.3 Å². The quantitative estimate of drug-likeness (QED) is 0.705. The van der Waals surface area contributed by atoms with Crippen LogP contribution in [0.3, 0.4) is 0 Å². The molecule has 0 aromatic heterocycles. The van der Waals surface area contributed by atoms with Gasteiger partial charge in [-0.1, -0.05) is 23.9 Å². The maximum Gasteiger partial charge on any atom is 0.326 e. The predicted molar refractivity (Wildman–Crippen MR) is 91.6 cm³/mol. The summed E-state index contributed by atoms with van der Waals surface area (Å²) in [6.07, 6.45) is 0. The third-order valence-electron chi connectivity index (χ3n) is 3.36. The summed E-state index contributed by atoms with van der Waals surface area (Å²) in [6.45, 7) is 1.70. The van der Waals surface area contributed by atoms with Gasteiger partial charge in [0, 0.05) is 14.3 Å². The van der Waals surface area contributed by atoms with Gasteiger partial charge in [-0.25, -0.2) is 4.79 Å². The van der Waals surface area contributed by atoms with Crippen LogP contribution in [0.5, 0.6) is 0 Å². The number of rotatable bonds is 2. The average Bonchev–Trinajstić information content (AvgIpc) is 2.48. The van der Waals surface area contributed by atoms with E-state index in [4.69, 9.17) is 0 Å². The van der Waals surface area contributed by atoms with E-state index in [-0.39, 0.29) is 0 Å². The van der Waals surface area contributed by atoms with Crippen molar-refractivity contribution >= 4 is 61.0 Å². The number of anilines is 2. The Kier molecular flexibility index (Phi) is 4.03. The molecule has 6 heteroatoms. The lowest BCUT2D eigenvalue weighted by Crippen LogP contribution is -2.37. The summed E-state index contributed by atoms with van der Waals surface area (Å²) in [6, 6.07) is 11.2. The summed E-state index contributed by atoms with van der Waals surface area (Å²) >= 11 is 8.73. The fourth-order valence-corrected chi connectivity index (χ4v) is 4.40. The molecule has 0 amide bonds. The minimum Gasteiger partial charge on any atom is -0.480 e. The lowest BCUT2D eigenvalue weighted by Gasteiger charge is -2.36. The van der Waals surface area contributed by atoms with Gasteiger partial charge in [0.2, 0.25) is 0 Å². The van der Waals surface area contributed by atoms with Crippen molar-refractivity contribution in [3.63, 3.8) is 0 Å². The molecule has 3 rings (SSSR count). The van der Waals surface area contributed by atoms with Crippen LogP contribution in [0, 0.1) is 0 Å². The van der Waals surface area contributed by atoms with Crippen molar-refractivity contribution in [2.75, 3.05) is 4.90 Å². The van der Waals surface area contributed by atoms with Gasteiger partial charge in [-0.15, -0.1) is 0 Å². The maximum absolute atomic E-state index is 11.5. The topological polar surface area (TPSA) is 40.5 Å². The molecule has 1 atom stereocenters. The lowest BCUT2D eigenvalue weighted by molar-refractivity contribution is -0.138. The molecule has 0 radical (unpaired) electrons. The number of fused-ring (bicyclic) bond motifs is 2. The van der Waals surface area contributed by atoms with E-state index < -0.39 is 12.0 Å². The van der Waals surface area contributed by atoms with E-state index >= 15 is 0 Å². The zero-order chi connectivity index (χ0) is 15.1. The van der Waals surface area contributed by atoms with Crippen LogP contribution < -0.4 is 4.90 Å². The zero-order valence-corrected chi connectivity index (χ0v) is 15.0. The van der Waals surface area contributed by atoms with Crippen LogP contribution in [0.2, 0.25) is 0 Å². The Morgan fingerprint density at radius 2 is 1.90 bits per heavy atom. The molecular formula is C15H11Br2NO2S. The van der Waals surface area contributed by atoms with Gasteiger partial charge in [0.15, 0.2) is 0 Å². The Morgan fingerprint density at radius 3 is 2.62 bits per heavy atom. The highest BCUT2D eigenvalue weighted by molar-refractivity contribution is 9.13. The van der Waals surface area contributed by atoms with Crippen LogP contribution >= 0.6 is 43.6 Å². The monoisotopic (exact) mass is 427 g/mol. The van der Waals surface area contributed by atoms with Gasteiger partial charge in [0.05, 0.1) is 15.8 Å². The summed E-state index contributed by atoms with van der Waals surface area (Å²) in [7, 11) is 0. The molecule has 0 saturated heterocycles. The first-order valence-corrected chi connectivity index (χ1v) is 8.68. The van der Waals surface area contributed by atoms with E-state index in [0.29, 0.717) is 0 Å². The van der Waals surface area contributed by atoms with E-state index in [2.05, 4.69) is 31.9 Å². The number of hydrogen-bond acceptors (Lipinski definition) is 3. The summed E-state index contributed by atoms with van der Waals surface area (Å²) in [5.41, 5.74) is 1.81. The van der Waals surface area contributed by atoms with Crippen molar-refractivity contribution in [2.24, 2.45) is 0 Å². The summed E-state index contributed by atoms with van der Waals surface area (Å²) in [5, 5.41) is 9.47. The number of carboxylic acid groups (broad SMARTS) is 1. The molecule has 1 aliphatic rings.